The first kappa shape index (κ1) is 12.6. The van der Waals surface area contributed by atoms with Crippen LogP contribution in [0.3, 0.4) is 0 Å². The zero-order valence-corrected chi connectivity index (χ0v) is 12.6. The van der Waals surface area contributed by atoms with Crippen molar-refractivity contribution in [3.8, 4) is 0 Å². The number of nitrogens with one attached hydrogen (secondary N) is 1. The molecular weight excluding hydrogens is 240 g/mol. The minimum Gasteiger partial charge on any atom is -0.307 e. The predicted octanol–water partition coefficient (Wildman–Crippen LogP) is 4.18. The van der Waals surface area contributed by atoms with Crippen molar-refractivity contribution in [2.75, 3.05) is 0 Å². The molecule has 2 aliphatic carbocycles. The average Bonchev–Trinajstić information content (AvgIpc) is 2.95. The lowest BCUT2D eigenvalue weighted by atomic mass is 9.86. The molecule has 1 aromatic heterocycles. The largest absolute Gasteiger partial charge is 0.307 e. The molecule has 2 nitrogen and oxygen atoms in total. The van der Waals surface area contributed by atoms with Crippen LogP contribution in [0.2, 0.25) is 0 Å². The molecule has 0 saturated heterocycles. The highest BCUT2D eigenvalue weighted by molar-refractivity contribution is 7.11. The van der Waals surface area contributed by atoms with E-state index >= 15 is 0 Å². The van der Waals surface area contributed by atoms with E-state index < -0.39 is 0 Å². The fraction of sp³-hybridized carbons (Fsp3) is 0.800. The summed E-state index contributed by atoms with van der Waals surface area (Å²) in [6.07, 6.45) is 6.85. The van der Waals surface area contributed by atoms with Crippen LogP contribution in [0.5, 0.6) is 0 Å². The molecule has 0 aromatic carbocycles. The molecule has 100 valence electrons. The van der Waals surface area contributed by atoms with Gasteiger partial charge in [-0.3, -0.25) is 0 Å². The van der Waals surface area contributed by atoms with E-state index in [1.165, 1.54) is 47.7 Å². The van der Waals surface area contributed by atoms with Crippen LogP contribution in [-0.2, 0) is 6.54 Å². The Labute approximate surface area is 114 Å². The molecule has 0 amide bonds. The summed E-state index contributed by atoms with van der Waals surface area (Å²) in [5, 5.41) is 5.04. The second-order valence-electron chi connectivity index (χ2n) is 6.87. The highest BCUT2D eigenvalue weighted by atomic mass is 32.1. The van der Waals surface area contributed by atoms with Crippen molar-refractivity contribution in [1.82, 2.24) is 10.3 Å². The Kier molecular flexibility index (Phi) is 3.23. The molecule has 0 bridgehead atoms. The standard InChI is InChI=1S/C15H24N2S/c1-15(2,3)16-9-12-13(10-7-8-10)17-14(18-12)11-5-4-6-11/h10-11,16H,4-9H2,1-3H3. The van der Waals surface area contributed by atoms with Crippen LogP contribution in [0.25, 0.3) is 0 Å². The number of nitrogens with zero attached hydrogens (tertiary/aromatic N) is 1. The van der Waals surface area contributed by atoms with E-state index in [1.54, 1.807) is 0 Å². The van der Waals surface area contributed by atoms with Gasteiger partial charge in [0.15, 0.2) is 0 Å². The highest BCUT2D eigenvalue weighted by Gasteiger charge is 2.32. The molecule has 0 spiro atoms. The molecule has 0 unspecified atom stereocenters. The van der Waals surface area contributed by atoms with E-state index in [4.69, 9.17) is 4.98 Å². The summed E-state index contributed by atoms with van der Waals surface area (Å²) in [7, 11) is 0. The van der Waals surface area contributed by atoms with Crippen LogP contribution >= 0.6 is 11.3 Å². The number of rotatable bonds is 4. The van der Waals surface area contributed by atoms with Gasteiger partial charge in [0, 0.05) is 28.8 Å². The second-order valence-corrected chi connectivity index (χ2v) is 7.98. The van der Waals surface area contributed by atoms with Crippen molar-refractivity contribution in [3.05, 3.63) is 15.6 Å². The van der Waals surface area contributed by atoms with Crippen molar-refractivity contribution in [2.24, 2.45) is 0 Å². The third kappa shape index (κ3) is 2.77. The van der Waals surface area contributed by atoms with Crippen molar-refractivity contribution >= 4 is 11.3 Å². The molecule has 0 radical (unpaired) electrons. The monoisotopic (exact) mass is 264 g/mol. The molecule has 1 aromatic rings. The third-order valence-corrected chi connectivity index (χ3v) is 5.18. The van der Waals surface area contributed by atoms with Crippen molar-refractivity contribution in [2.45, 2.75) is 76.8 Å². The van der Waals surface area contributed by atoms with Crippen LogP contribution in [-0.4, -0.2) is 10.5 Å². The van der Waals surface area contributed by atoms with E-state index in [2.05, 4.69) is 26.1 Å². The maximum absolute atomic E-state index is 4.97. The minimum absolute atomic E-state index is 0.196. The van der Waals surface area contributed by atoms with Crippen molar-refractivity contribution in [3.63, 3.8) is 0 Å². The lowest BCUT2D eigenvalue weighted by Crippen LogP contribution is -2.35. The van der Waals surface area contributed by atoms with Crippen LogP contribution in [0.15, 0.2) is 0 Å². The Morgan fingerprint density at radius 1 is 1.17 bits per heavy atom. The zero-order valence-electron chi connectivity index (χ0n) is 11.8. The molecule has 3 heteroatoms. The molecule has 3 rings (SSSR count). The van der Waals surface area contributed by atoms with E-state index in [1.807, 2.05) is 11.3 Å². The number of hydrogen-bond acceptors (Lipinski definition) is 3. The first-order valence-corrected chi connectivity index (χ1v) is 8.09. The summed E-state index contributed by atoms with van der Waals surface area (Å²) in [5.74, 6) is 1.57. The molecule has 0 atom stereocenters. The van der Waals surface area contributed by atoms with Crippen LogP contribution in [0.4, 0.5) is 0 Å². The summed E-state index contributed by atoms with van der Waals surface area (Å²) < 4.78 is 0. The fourth-order valence-electron chi connectivity index (χ4n) is 2.36. The van der Waals surface area contributed by atoms with Gasteiger partial charge in [-0.05, 0) is 46.5 Å². The molecular formula is C15H24N2S. The summed E-state index contributed by atoms with van der Waals surface area (Å²) in [6, 6.07) is 0. The van der Waals surface area contributed by atoms with E-state index in [0.29, 0.717) is 0 Å². The van der Waals surface area contributed by atoms with Gasteiger partial charge in [-0.25, -0.2) is 4.98 Å². The van der Waals surface area contributed by atoms with Crippen LogP contribution in [0, 0.1) is 0 Å². The number of aromatic nitrogens is 1. The van der Waals surface area contributed by atoms with E-state index in [9.17, 15) is 0 Å². The first-order chi connectivity index (χ1) is 8.53. The molecule has 18 heavy (non-hydrogen) atoms. The summed E-state index contributed by atoms with van der Waals surface area (Å²) >= 11 is 1.98. The Balaban J connectivity index is 1.75. The summed E-state index contributed by atoms with van der Waals surface area (Å²) in [6.45, 7) is 7.70. The maximum Gasteiger partial charge on any atom is 0.0962 e. The smallest absolute Gasteiger partial charge is 0.0962 e. The van der Waals surface area contributed by atoms with Crippen LogP contribution < -0.4 is 5.32 Å². The fourth-order valence-corrected chi connectivity index (χ4v) is 3.62. The second kappa shape index (κ2) is 4.61. The maximum atomic E-state index is 4.97. The van der Waals surface area contributed by atoms with Gasteiger partial charge in [0.25, 0.3) is 0 Å². The highest BCUT2D eigenvalue weighted by Crippen LogP contribution is 2.46. The van der Waals surface area contributed by atoms with Gasteiger partial charge in [-0.2, -0.15) is 0 Å². The minimum atomic E-state index is 0.196. The number of thiazole rings is 1. The Bertz CT molecular complexity index is 422. The Morgan fingerprint density at radius 3 is 2.39 bits per heavy atom. The molecule has 2 aliphatic rings. The summed E-state index contributed by atoms with van der Waals surface area (Å²) in [4.78, 5) is 6.48. The van der Waals surface area contributed by atoms with Crippen molar-refractivity contribution < 1.29 is 0 Å². The molecule has 0 aliphatic heterocycles. The topological polar surface area (TPSA) is 24.9 Å². The van der Waals surface area contributed by atoms with Gasteiger partial charge in [-0.1, -0.05) is 6.42 Å². The lowest BCUT2D eigenvalue weighted by Gasteiger charge is -2.22. The van der Waals surface area contributed by atoms with Crippen LogP contribution in [0.1, 0.15) is 80.3 Å². The molecule has 1 N–H and O–H groups in total. The third-order valence-electron chi connectivity index (χ3n) is 3.94. The Morgan fingerprint density at radius 2 is 1.89 bits per heavy atom. The molecule has 1 heterocycles. The average molecular weight is 264 g/mol. The Hall–Kier alpha value is -0.410. The van der Waals surface area contributed by atoms with E-state index in [0.717, 1.165) is 18.4 Å². The molecule has 2 saturated carbocycles. The van der Waals surface area contributed by atoms with Gasteiger partial charge in [0.2, 0.25) is 0 Å². The van der Waals surface area contributed by atoms with Gasteiger partial charge in [-0.15, -0.1) is 11.3 Å². The number of hydrogen-bond donors (Lipinski definition) is 1. The van der Waals surface area contributed by atoms with Gasteiger partial charge in [0.05, 0.1) is 10.7 Å². The quantitative estimate of drug-likeness (QED) is 0.882. The SMILES string of the molecule is CC(C)(C)NCc1sc(C2CCC2)nc1C1CC1. The lowest BCUT2D eigenvalue weighted by molar-refractivity contribution is 0.417. The molecule has 2 fully saturated rings. The predicted molar refractivity (Wildman–Crippen MR) is 77.3 cm³/mol. The first-order valence-electron chi connectivity index (χ1n) is 7.27. The zero-order chi connectivity index (χ0) is 12.8. The van der Waals surface area contributed by atoms with Gasteiger partial charge < -0.3 is 5.32 Å². The van der Waals surface area contributed by atoms with E-state index in [-0.39, 0.29) is 5.54 Å². The summed E-state index contributed by atoms with van der Waals surface area (Å²) in [5.41, 5.74) is 1.63. The normalized spacial score (nSPS) is 21.1. The van der Waals surface area contributed by atoms with Gasteiger partial charge in [0.1, 0.15) is 0 Å². The van der Waals surface area contributed by atoms with Gasteiger partial charge >= 0.3 is 0 Å². The van der Waals surface area contributed by atoms with Crippen molar-refractivity contribution in [1.29, 1.82) is 0 Å².